The number of hydrogen-bond donors (Lipinski definition) is 3. The monoisotopic (exact) mass is 603 g/mol. The molecule has 4 N–H and O–H groups in total. The van der Waals surface area contributed by atoms with Gasteiger partial charge in [-0.2, -0.15) is 4.98 Å². The molecule has 0 bridgehead atoms. The van der Waals surface area contributed by atoms with Gasteiger partial charge in [0.05, 0.1) is 13.2 Å². The van der Waals surface area contributed by atoms with Gasteiger partial charge in [0.25, 0.3) is 11.8 Å². The summed E-state index contributed by atoms with van der Waals surface area (Å²) in [4.78, 5) is 50.2. The average Bonchev–Trinajstić information content (AvgIpc) is 2.87. The van der Waals surface area contributed by atoms with E-state index in [4.69, 9.17) is 15.2 Å². The maximum atomic E-state index is 13.1. The van der Waals surface area contributed by atoms with E-state index in [1.807, 2.05) is 25.7 Å². The number of ether oxygens (including phenoxy) is 2. The van der Waals surface area contributed by atoms with Crippen molar-refractivity contribution in [2.75, 3.05) is 49.6 Å². The van der Waals surface area contributed by atoms with Crippen molar-refractivity contribution in [3.05, 3.63) is 40.0 Å². The molecule has 1 aromatic heterocycles. The standard InChI is InChI=1S/C26H34BrN7O5/c1-26(2,3)39-25(37)31-18-5-4-6-34(15-18)24-29-14-20(21(28)35)22(32-24)30-19-12-16(11-17(27)13-19)23(36)33-7-9-38-10-8-33/h11-14,18H,4-10,15H2,1-3H3,(H2,28,35)(H,31,37)(H,29,30,32)/t18-/m0/s1. The molecular formula is C26H34BrN7O5. The number of nitrogens with zero attached hydrogens (tertiary/aromatic N) is 4. The molecular weight excluding hydrogens is 570 g/mol. The summed E-state index contributed by atoms with van der Waals surface area (Å²) in [5.41, 5.74) is 6.17. The number of nitrogens with two attached hydrogens (primary N) is 1. The Morgan fingerprint density at radius 1 is 1.15 bits per heavy atom. The van der Waals surface area contributed by atoms with Crippen molar-refractivity contribution in [1.82, 2.24) is 20.2 Å². The summed E-state index contributed by atoms with van der Waals surface area (Å²) >= 11 is 3.47. The minimum atomic E-state index is -0.688. The number of alkyl carbamates (subject to hydrolysis) is 1. The Kier molecular flexibility index (Phi) is 8.90. The summed E-state index contributed by atoms with van der Waals surface area (Å²) in [7, 11) is 0. The molecule has 4 rings (SSSR count). The molecule has 3 amide bonds. The Morgan fingerprint density at radius 3 is 2.59 bits per heavy atom. The van der Waals surface area contributed by atoms with E-state index in [1.54, 1.807) is 23.1 Å². The van der Waals surface area contributed by atoms with Crippen LogP contribution in [-0.4, -0.2) is 83.8 Å². The van der Waals surface area contributed by atoms with Crippen molar-refractivity contribution in [2.24, 2.45) is 5.73 Å². The van der Waals surface area contributed by atoms with E-state index in [0.29, 0.717) is 61.1 Å². The molecule has 39 heavy (non-hydrogen) atoms. The summed E-state index contributed by atoms with van der Waals surface area (Å²) < 4.78 is 11.4. The number of morpholine rings is 1. The van der Waals surface area contributed by atoms with Crippen LogP contribution in [0.1, 0.15) is 54.3 Å². The van der Waals surface area contributed by atoms with Crippen LogP contribution in [0.15, 0.2) is 28.9 Å². The Labute approximate surface area is 235 Å². The van der Waals surface area contributed by atoms with Crippen molar-refractivity contribution in [1.29, 1.82) is 0 Å². The minimum Gasteiger partial charge on any atom is -0.444 e. The molecule has 0 saturated carbocycles. The van der Waals surface area contributed by atoms with Crippen LogP contribution < -0.4 is 21.3 Å². The Bertz CT molecular complexity index is 1230. The van der Waals surface area contributed by atoms with Crippen LogP contribution in [0.4, 0.5) is 22.2 Å². The normalized spacial score (nSPS) is 17.9. The number of nitrogens with one attached hydrogen (secondary N) is 2. The van der Waals surface area contributed by atoms with Crippen LogP contribution in [0.3, 0.4) is 0 Å². The third-order valence-electron chi connectivity index (χ3n) is 6.17. The second-order valence-corrected chi connectivity index (χ2v) is 11.4. The van der Waals surface area contributed by atoms with Gasteiger partial charge in [0.1, 0.15) is 17.0 Å². The lowest BCUT2D eigenvalue weighted by Gasteiger charge is -2.33. The quantitative estimate of drug-likeness (QED) is 0.452. The average molecular weight is 605 g/mol. The van der Waals surface area contributed by atoms with E-state index in [0.717, 1.165) is 12.8 Å². The van der Waals surface area contributed by atoms with E-state index < -0.39 is 17.6 Å². The molecule has 0 unspecified atom stereocenters. The third-order valence-corrected chi connectivity index (χ3v) is 6.63. The van der Waals surface area contributed by atoms with E-state index in [-0.39, 0.29) is 23.3 Å². The van der Waals surface area contributed by atoms with Crippen molar-refractivity contribution in [2.45, 2.75) is 45.3 Å². The zero-order valence-electron chi connectivity index (χ0n) is 22.3. The van der Waals surface area contributed by atoms with Gasteiger partial charge in [-0.1, -0.05) is 15.9 Å². The molecule has 2 aromatic rings. The summed E-state index contributed by atoms with van der Waals surface area (Å²) in [6.45, 7) is 8.65. The Morgan fingerprint density at radius 2 is 1.90 bits per heavy atom. The van der Waals surface area contributed by atoms with Crippen LogP contribution in [0, 0.1) is 0 Å². The predicted octanol–water partition coefficient (Wildman–Crippen LogP) is 3.05. The van der Waals surface area contributed by atoms with E-state index in [9.17, 15) is 14.4 Å². The highest BCUT2D eigenvalue weighted by molar-refractivity contribution is 9.10. The topological polar surface area (TPSA) is 152 Å². The molecule has 2 fully saturated rings. The fraction of sp³-hybridized carbons (Fsp3) is 0.500. The number of anilines is 3. The smallest absolute Gasteiger partial charge is 0.407 e. The molecule has 13 heteroatoms. The number of halogens is 1. The number of aromatic nitrogens is 2. The lowest BCUT2D eigenvalue weighted by Crippen LogP contribution is -2.49. The molecule has 2 aliphatic rings. The second kappa shape index (κ2) is 12.2. The number of hydrogen-bond acceptors (Lipinski definition) is 9. The fourth-order valence-electron chi connectivity index (χ4n) is 4.42. The number of amides is 3. The van der Waals surface area contributed by atoms with E-state index in [2.05, 4.69) is 36.5 Å². The highest BCUT2D eigenvalue weighted by Gasteiger charge is 2.27. The summed E-state index contributed by atoms with van der Waals surface area (Å²) in [6.07, 6.45) is 2.51. The van der Waals surface area contributed by atoms with Gasteiger partial charge < -0.3 is 35.6 Å². The minimum absolute atomic E-state index is 0.111. The van der Waals surface area contributed by atoms with Gasteiger partial charge in [-0.25, -0.2) is 9.78 Å². The molecule has 12 nitrogen and oxygen atoms in total. The molecule has 1 atom stereocenters. The van der Waals surface area contributed by atoms with E-state index >= 15 is 0 Å². The molecule has 2 aliphatic heterocycles. The molecule has 0 radical (unpaired) electrons. The fourth-order valence-corrected chi connectivity index (χ4v) is 4.92. The summed E-state index contributed by atoms with van der Waals surface area (Å²) in [5.74, 6) is -0.194. The number of piperidine rings is 1. The zero-order chi connectivity index (χ0) is 28.2. The van der Waals surface area contributed by atoms with Crippen molar-refractivity contribution in [3.63, 3.8) is 0 Å². The molecule has 2 saturated heterocycles. The number of carbonyl (C=O) groups excluding carboxylic acids is 3. The summed E-state index contributed by atoms with van der Waals surface area (Å²) in [6, 6.07) is 5.08. The number of primary amides is 1. The van der Waals surface area contributed by atoms with Gasteiger partial charge in [-0.3, -0.25) is 9.59 Å². The van der Waals surface area contributed by atoms with Crippen LogP contribution in [0.25, 0.3) is 0 Å². The second-order valence-electron chi connectivity index (χ2n) is 10.5. The molecule has 210 valence electrons. The highest BCUT2D eigenvalue weighted by Crippen LogP contribution is 2.27. The van der Waals surface area contributed by atoms with Crippen molar-refractivity contribution < 1.29 is 23.9 Å². The first kappa shape index (κ1) is 28.6. The first-order valence-corrected chi connectivity index (χ1v) is 13.6. The Hall–Kier alpha value is -3.45. The number of carbonyl (C=O) groups is 3. The van der Waals surface area contributed by atoms with Gasteiger partial charge in [0, 0.05) is 54.1 Å². The third kappa shape index (κ3) is 7.79. The Balaban J connectivity index is 1.53. The predicted molar refractivity (Wildman–Crippen MR) is 149 cm³/mol. The molecule has 3 heterocycles. The number of benzene rings is 1. The highest BCUT2D eigenvalue weighted by atomic mass is 79.9. The maximum Gasteiger partial charge on any atom is 0.407 e. The van der Waals surface area contributed by atoms with Gasteiger partial charge in [0.2, 0.25) is 5.95 Å². The van der Waals surface area contributed by atoms with Crippen LogP contribution in [0.2, 0.25) is 0 Å². The molecule has 1 aromatic carbocycles. The largest absolute Gasteiger partial charge is 0.444 e. The van der Waals surface area contributed by atoms with Crippen LogP contribution >= 0.6 is 15.9 Å². The van der Waals surface area contributed by atoms with E-state index in [1.165, 1.54) is 6.20 Å². The van der Waals surface area contributed by atoms with Gasteiger partial charge >= 0.3 is 6.09 Å². The summed E-state index contributed by atoms with van der Waals surface area (Å²) in [5, 5.41) is 6.06. The van der Waals surface area contributed by atoms with Crippen molar-refractivity contribution in [3.8, 4) is 0 Å². The van der Waals surface area contributed by atoms with Gasteiger partial charge in [-0.15, -0.1) is 0 Å². The van der Waals surface area contributed by atoms with Crippen LogP contribution in [-0.2, 0) is 9.47 Å². The SMILES string of the molecule is CC(C)(C)OC(=O)N[C@H]1CCCN(c2ncc(C(N)=O)c(Nc3cc(Br)cc(C(=O)N4CCOCC4)c3)n2)C1. The van der Waals surface area contributed by atoms with Crippen LogP contribution in [0.5, 0.6) is 0 Å². The van der Waals surface area contributed by atoms with Crippen molar-refractivity contribution >= 4 is 51.3 Å². The zero-order valence-corrected chi connectivity index (χ0v) is 23.9. The molecule has 0 spiro atoms. The first-order valence-electron chi connectivity index (χ1n) is 12.8. The maximum absolute atomic E-state index is 13.1. The van der Waals surface area contributed by atoms with Gasteiger partial charge in [-0.05, 0) is 51.8 Å². The van der Waals surface area contributed by atoms with Gasteiger partial charge in [0.15, 0.2) is 0 Å². The lowest BCUT2D eigenvalue weighted by molar-refractivity contribution is 0.0303. The first-order chi connectivity index (χ1) is 18.5. The number of rotatable bonds is 6. The lowest BCUT2D eigenvalue weighted by atomic mass is 10.1. The molecule has 0 aliphatic carbocycles.